The molecule has 0 aromatic rings. The zero-order chi connectivity index (χ0) is 9.10. The van der Waals surface area contributed by atoms with Gasteiger partial charge in [-0.2, -0.15) is 0 Å². The monoisotopic (exact) mass is 182 g/mol. The third kappa shape index (κ3) is 2.44. The van der Waals surface area contributed by atoms with Crippen LogP contribution in [0.3, 0.4) is 0 Å². The number of hydrogen-bond donors (Lipinski definition) is 2. The Morgan fingerprint density at radius 2 is 1.77 bits per heavy atom. The first-order chi connectivity index (χ1) is 6.36. The number of nitrogens with one attached hydrogen (secondary N) is 1. The van der Waals surface area contributed by atoms with E-state index in [2.05, 4.69) is 5.32 Å². The number of nitrogens with two attached hydrogens (primary N) is 1. The summed E-state index contributed by atoms with van der Waals surface area (Å²) in [5, 5.41) is 3.57. The zero-order valence-corrected chi connectivity index (χ0v) is 8.47. The normalized spacial score (nSPS) is 27.5. The van der Waals surface area contributed by atoms with E-state index in [1.54, 1.807) is 0 Å². The van der Waals surface area contributed by atoms with Gasteiger partial charge in [0.1, 0.15) is 0 Å². The maximum absolute atomic E-state index is 6.14. The topological polar surface area (TPSA) is 38.0 Å². The fourth-order valence-electron chi connectivity index (χ4n) is 2.47. The lowest BCUT2D eigenvalue weighted by Crippen LogP contribution is -2.45. The maximum Gasteiger partial charge on any atom is 0.0194 e. The van der Waals surface area contributed by atoms with Crippen LogP contribution in [0.1, 0.15) is 44.9 Å². The molecule has 3 N–H and O–H groups in total. The van der Waals surface area contributed by atoms with Crippen molar-refractivity contribution in [3.8, 4) is 0 Å². The molecule has 1 unspecified atom stereocenters. The van der Waals surface area contributed by atoms with Crippen LogP contribution in [0.15, 0.2) is 0 Å². The van der Waals surface area contributed by atoms with Gasteiger partial charge in [-0.3, -0.25) is 0 Å². The van der Waals surface area contributed by atoms with Crippen molar-refractivity contribution in [1.29, 1.82) is 0 Å². The summed E-state index contributed by atoms with van der Waals surface area (Å²) in [6, 6.07) is 1.22. The van der Waals surface area contributed by atoms with Gasteiger partial charge < -0.3 is 11.1 Å². The minimum atomic E-state index is 0.420. The van der Waals surface area contributed by atoms with Gasteiger partial charge in [-0.05, 0) is 31.6 Å². The van der Waals surface area contributed by atoms with Crippen LogP contribution in [0.5, 0.6) is 0 Å². The van der Waals surface area contributed by atoms with Gasteiger partial charge in [0, 0.05) is 18.6 Å². The van der Waals surface area contributed by atoms with E-state index in [1.165, 1.54) is 44.9 Å². The van der Waals surface area contributed by atoms with E-state index >= 15 is 0 Å². The molecule has 0 aromatic heterocycles. The summed E-state index contributed by atoms with van der Waals surface area (Å²) in [5.74, 6) is 0.813. The molecule has 2 rings (SSSR count). The highest BCUT2D eigenvalue weighted by Gasteiger charge is 2.23. The van der Waals surface area contributed by atoms with Crippen molar-refractivity contribution < 1.29 is 0 Å². The number of rotatable bonds is 4. The summed E-state index contributed by atoms with van der Waals surface area (Å²) >= 11 is 0. The van der Waals surface area contributed by atoms with Crippen LogP contribution < -0.4 is 11.1 Å². The molecule has 0 radical (unpaired) electrons. The van der Waals surface area contributed by atoms with Crippen molar-refractivity contribution in [3.05, 3.63) is 0 Å². The lowest BCUT2D eigenvalue weighted by molar-refractivity contribution is 0.310. The highest BCUT2D eigenvalue weighted by Crippen LogP contribution is 2.27. The second-order valence-electron chi connectivity index (χ2n) is 4.74. The van der Waals surface area contributed by atoms with Crippen LogP contribution >= 0.6 is 0 Å². The van der Waals surface area contributed by atoms with Crippen molar-refractivity contribution in [2.24, 2.45) is 11.7 Å². The summed E-state index contributed by atoms with van der Waals surface area (Å²) in [6.45, 7) is 1.05. The van der Waals surface area contributed by atoms with Crippen molar-refractivity contribution >= 4 is 0 Å². The van der Waals surface area contributed by atoms with E-state index < -0.39 is 0 Å². The molecule has 0 heterocycles. The molecule has 2 nitrogen and oxygen atoms in total. The molecule has 1 atom stereocenters. The SMILES string of the molecule is NC(CNC1CCC1)C1CCCC1. The maximum atomic E-state index is 6.14. The lowest BCUT2D eigenvalue weighted by Gasteiger charge is -2.29. The van der Waals surface area contributed by atoms with E-state index in [9.17, 15) is 0 Å². The first-order valence-electron chi connectivity index (χ1n) is 5.85. The molecule has 2 heteroatoms. The Labute approximate surface area is 81.3 Å². The zero-order valence-electron chi connectivity index (χ0n) is 8.47. The molecule has 0 saturated heterocycles. The lowest BCUT2D eigenvalue weighted by atomic mass is 9.92. The van der Waals surface area contributed by atoms with Gasteiger partial charge in [0.05, 0.1) is 0 Å². The fourth-order valence-corrected chi connectivity index (χ4v) is 2.47. The molecule has 13 heavy (non-hydrogen) atoms. The second-order valence-corrected chi connectivity index (χ2v) is 4.74. The quantitative estimate of drug-likeness (QED) is 0.693. The third-order valence-electron chi connectivity index (χ3n) is 3.75. The molecule has 0 aromatic carbocycles. The fraction of sp³-hybridized carbons (Fsp3) is 1.00. The first-order valence-corrected chi connectivity index (χ1v) is 5.85. The van der Waals surface area contributed by atoms with Gasteiger partial charge in [0.25, 0.3) is 0 Å². The average Bonchev–Trinajstić information content (AvgIpc) is 2.52. The number of hydrogen-bond acceptors (Lipinski definition) is 2. The molecule has 2 saturated carbocycles. The van der Waals surface area contributed by atoms with Gasteiger partial charge in [-0.1, -0.05) is 19.3 Å². The molecule has 0 amide bonds. The Morgan fingerprint density at radius 3 is 2.31 bits per heavy atom. The highest BCUT2D eigenvalue weighted by atomic mass is 15.0. The molecule has 0 spiro atoms. The minimum absolute atomic E-state index is 0.420. The summed E-state index contributed by atoms with van der Waals surface area (Å²) in [5.41, 5.74) is 6.14. The Bertz CT molecular complexity index is 148. The highest BCUT2D eigenvalue weighted by molar-refractivity contribution is 4.83. The Balaban J connectivity index is 1.62. The summed E-state index contributed by atoms with van der Waals surface area (Å²) in [6.07, 6.45) is 9.70. The molecule has 2 aliphatic rings. The Morgan fingerprint density at radius 1 is 1.08 bits per heavy atom. The first kappa shape index (κ1) is 9.47. The van der Waals surface area contributed by atoms with Crippen molar-refractivity contribution in [2.75, 3.05) is 6.54 Å². The van der Waals surface area contributed by atoms with Gasteiger partial charge in [-0.25, -0.2) is 0 Å². The summed E-state index contributed by atoms with van der Waals surface area (Å²) in [7, 11) is 0. The predicted octanol–water partition coefficient (Wildman–Crippen LogP) is 1.65. The average molecular weight is 182 g/mol. The van der Waals surface area contributed by atoms with E-state index in [-0.39, 0.29) is 0 Å². The molecule has 0 aliphatic heterocycles. The van der Waals surface area contributed by atoms with E-state index in [0.29, 0.717) is 6.04 Å². The molecule has 76 valence electrons. The molecule has 0 bridgehead atoms. The smallest absolute Gasteiger partial charge is 0.0194 e. The van der Waals surface area contributed by atoms with Crippen LogP contribution in [-0.2, 0) is 0 Å². The van der Waals surface area contributed by atoms with Crippen LogP contribution in [-0.4, -0.2) is 18.6 Å². The van der Waals surface area contributed by atoms with Gasteiger partial charge in [0.15, 0.2) is 0 Å². The van der Waals surface area contributed by atoms with E-state index in [4.69, 9.17) is 5.73 Å². The van der Waals surface area contributed by atoms with E-state index in [1.807, 2.05) is 0 Å². The van der Waals surface area contributed by atoms with Crippen LogP contribution in [0.2, 0.25) is 0 Å². The van der Waals surface area contributed by atoms with Gasteiger partial charge in [-0.15, -0.1) is 0 Å². The molecular formula is C11H22N2. The predicted molar refractivity (Wildman–Crippen MR) is 55.6 cm³/mol. The standard InChI is InChI=1S/C11H22N2/c12-11(9-4-1-2-5-9)8-13-10-6-3-7-10/h9-11,13H,1-8,12H2. The van der Waals surface area contributed by atoms with Crippen LogP contribution in [0.4, 0.5) is 0 Å². The van der Waals surface area contributed by atoms with Crippen molar-refractivity contribution in [1.82, 2.24) is 5.32 Å². The Kier molecular flexibility index (Phi) is 3.23. The third-order valence-corrected chi connectivity index (χ3v) is 3.75. The molecule has 2 fully saturated rings. The largest absolute Gasteiger partial charge is 0.326 e. The van der Waals surface area contributed by atoms with E-state index in [0.717, 1.165) is 18.5 Å². The second kappa shape index (κ2) is 4.43. The van der Waals surface area contributed by atoms with Gasteiger partial charge >= 0.3 is 0 Å². The minimum Gasteiger partial charge on any atom is -0.326 e. The van der Waals surface area contributed by atoms with Crippen LogP contribution in [0.25, 0.3) is 0 Å². The summed E-state index contributed by atoms with van der Waals surface area (Å²) in [4.78, 5) is 0. The van der Waals surface area contributed by atoms with Crippen LogP contribution in [0, 0.1) is 5.92 Å². The van der Waals surface area contributed by atoms with Gasteiger partial charge in [0.2, 0.25) is 0 Å². The van der Waals surface area contributed by atoms with Crippen molar-refractivity contribution in [3.63, 3.8) is 0 Å². The molecular weight excluding hydrogens is 160 g/mol. The molecule has 2 aliphatic carbocycles. The Hall–Kier alpha value is -0.0800. The van der Waals surface area contributed by atoms with Crippen molar-refractivity contribution in [2.45, 2.75) is 57.0 Å². The summed E-state index contributed by atoms with van der Waals surface area (Å²) < 4.78 is 0.